The van der Waals surface area contributed by atoms with E-state index in [9.17, 15) is 0 Å². The first kappa shape index (κ1) is 8.68. The van der Waals surface area contributed by atoms with E-state index in [1.54, 1.807) is 0 Å². The van der Waals surface area contributed by atoms with Gasteiger partial charge >= 0.3 is 0 Å². The van der Waals surface area contributed by atoms with Crippen LogP contribution in [0, 0.1) is 0 Å². The van der Waals surface area contributed by atoms with Gasteiger partial charge in [0.1, 0.15) is 5.52 Å². The summed E-state index contributed by atoms with van der Waals surface area (Å²) < 4.78 is 5.44. The summed E-state index contributed by atoms with van der Waals surface area (Å²) in [6, 6.07) is 4.15. The summed E-state index contributed by atoms with van der Waals surface area (Å²) in [4.78, 5) is 4.17. The monoisotopic (exact) mass is 200 g/mol. The second-order valence-corrected chi connectivity index (χ2v) is 3.77. The molecule has 3 rings (SSSR count). The van der Waals surface area contributed by atoms with Crippen LogP contribution in [0.25, 0.3) is 16.7 Å². The van der Waals surface area contributed by atoms with Crippen molar-refractivity contribution in [2.45, 2.75) is 12.8 Å². The molecule has 0 aliphatic heterocycles. The predicted octanol–water partition coefficient (Wildman–Crippen LogP) is 2.12. The maximum absolute atomic E-state index is 5.56. The summed E-state index contributed by atoms with van der Waals surface area (Å²) in [6.07, 6.45) is 5.72. The zero-order valence-electron chi connectivity index (χ0n) is 8.36. The minimum absolute atomic E-state index is 0.583. The molecule has 15 heavy (non-hydrogen) atoms. The standard InChI is InChI=1S/C12H12N2O/c13-6-5-9-2-1-8-3-4-10-12(11(8)9)15-7-14-10/h3-5,7H,1-2,6,13H2. The van der Waals surface area contributed by atoms with Gasteiger partial charge in [-0.3, -0.25) is 0 Å². The fraction of sp³-hybridized carbons (Fsp3) is 0.250. The Morgan fingerprint density at radius 1 is 1.40 bits per heavy atom. The lowest BCUT2D eigenvalue weighted by Gasteiger charge is -2.00. The van der Waals surface area contributed by atoms with Crippen LogP contribution >= 0.6 is 0 Å². The smallest absolute Gasteiger partial charge is 0.182 e. The lowest BCUT2D eigenvalue weighted by atomic mass is 10.1. The molecular weight excluding hydrogens is 188 g/mol. The summed E-state index contributed by atoms with van der Waals surface area (Å²) in [7, 11) is 0. The molecule has 76 valence electrons. The van der Waals surface area contributed by atoms with Crippen molar-refractivity contribution >= 4 is 16.7 Å². The second-order valence-electron chi connectivity index (χ2n) is 3.77. The Morgan fingerprint density at radius 2 is 2.33 bits per heavy atom. The van der Waals surface area contributed by atoms with Crippen LogP contribution in [0.2, 0.25) is 0 Å². The SMILES string of the molecule is NCC=C1CCc2ccc3ncoc3c21. The quantitative estimate of drug-likeness (QED) is 0.767. The number of nitrogens with two attached hydrogens (primary N) is 1. The zero-order valence-corrected chi connectivity index (χ0v) is 8.36. The van der Waals surface area contributed by atoms with Crippen LogP contribution in [0.5, 0.6) is 0 Å². The van der Waals surface area contributed by atoms with Gasteiger partial charge in [0.2, 0.25) is 0 Å². The van der Waals surface area contributed by atoms with E-state index in [0.29, 0.717) is 6.54 Å². The van der Waals surface area contributed by atoms with Gasteiger partial charge in [-0.25, -0.2) is 4.98 Å². The van der Waals surface area contributed by atoms with Crippen LogP contribution in [0.1, 0.15) is 17.5 Å². The number of rotatable bonds is 1. The molecule has 1 aliphatic carbocycles. The van der Waals surface area contributed by atoms with Crippen molar-refractivity contribution in [1.29, 1.82) is 0 Å². The van der Waals surface area contributed by atoms with Crippen molar-refractivity contribution in [3.8, 4) is 0 Å². The number of nitrogens with zero attached hydrogens (tertiary/aromatic N) is 1. The van der Waals surface area contributed by atoms with Gasteiger partial charge in [0, 0.05) is 12.1 Å². The van der Waals surface area contributed by atoms with E-state index in [1.807, 2.05) is 6.07 Å². The van der Waals surface area contributed by atoms with Gasteiger partial charge in [-0.05, 0) is 30.0 Å². The normalized spacial score (nSPS) is 17.5. The van der Waals surface area contributed by atoms with E-state index in [-0.39, 0.29) is 0 Å². The van der Waals surface area contributed by atoms with Gasteiger partial charge in [-0.2, -0.15) is 0 Å². The van der Waals surface area contributed by atoms with Crippen molar-refractivity contribution in [2.24, 2.45) is 5.73 Å². The Labute approximate surface area is 87.6 Å². The Hall–Kier alpha value is -1.61. The molecule has 2 N–H and O–H groups in total. The van der Waals surface area contributed by atoms with Crippen molar-refractivity contribution in [3.63, 3.8) is 0 Å². The van der Waals surface area contributed by atoms with Gasteiger partial charge in [0.05, 0.1) is 0 Å². The van der Waals surface area contributed by atoms with Crippen molar-refractivity contribution in [2.75, 3.05) is 6.54 Å². The number of aromatic nitrogens is 1. The van der Waals surface area contributed by atoms with Crippen LogP contribution in [0.3, 0.4) is 0 Å². The van der Waals surface area contributed by atoms with Gasteiger partial charge < -0.3 is 10.2 Å². The molecule has 1 aromatic carbocycles. The minimum atomic E-state index is 0.583. The average molecular weight is 200 g/mol. The molecule has 0 atom stereocenters. The highest BCUT2D eigenvalue weighted by Gasteiger charge is 2.20. The molecule has 0 radical (unpaired) electrons. The molecule has 0 bridgehead atoms. The number of hydrogen-bond acceptors (Lipinski definition) is 3. The molecule has 1 heterocycles. The topological polar surface area (TPSA) is 52.0 Å². The number of oxazole rings is 1. The van der Waals surface area contributed by atoms with E-state index in [1.165, 1.54) is 23.1 Å². The van der Waals surface area contributed by atoms with Gasteiger partial charge in [0.15, 0.2) is 12.0 Å². The summed E-state index contributed by atoms with van der Waals surface area (Å²) >= 11 is 0. The number of hydrogen-bond donors (Lipinski definition) is 1. The molecule has 1 aromatic heterocycles. The molecule has 0 saturated carbocycles. The van der Waals surface area contributed by atoms with Crippen LogP contribution in [-0.4, -0.2) is 11.5 Å². The second kappa shape index (κ2) is 3.21. The molecular formula is C12H12N2O. The number of aryl methyl sites for hydroxylation is 1. The first-order valence-electron chi connectivity index (χ1n) is 5.14. The number of fused-ring (bicyclic) bond motifs is 3. The van der Waals surface area contributed by atoms with Gasteiger partial charge in [-0.1, -0.05) is 12.1 Å². The van der Waals surface area contributed by atoms with Crippen LogP contribution in [-0.2, 0) is 6.42 Å². The van der Waals surface area contributed by atoms with E-state index >= 15 is 0 Å². The maximum atomic E-state index is 5.56. The molecule has 0 fully saturated rings. The Morgan fingerprint density at radius 3 is 3.20 bits per heavy atom. The molecule has 0 spiro atoms. The largest absolute Gasteiger partial charge is 0.443 e. The van der Waals surface area contributed by atoms with Crippen molar-refractivity contribution < 1.29 is 4.42 Å². The average Bonchev–Trinajstić information content (AvgIpc) is 2.83. The molecule has 2 aromatic rings. The van der Waals surface area contributed by atoms with Crippen LogP contribution in [0.15, 0.2) is 29.0 Å². The summed E-state index contributed by atoms with van der Waals surface area (Å²) in [6.45, 7) is 0.583. The highest BCUT2D eigenvalue weighted by Crippen LogP contribution is 2.36. The fourth-order valence-corrected chi connectivity index (χ4v) is 2.27. The fourth-order valence-electron chi connectivity index (χ4n) is 2.27. The molecule has 0 amide bonds. The van der Waals surface area contributed by atoms with E-state index in [2.05, 4.69) is 17.1 Å². The Balaban J connectivity index is 2.31. The Kier molecular flexibility index (Phi) is 1.86. The number of benzene rings is 1. The minimum Gasteiger partial charge on any atom is -0.443 e. The van der Waals surface area contributed by atoms with E-state index in [4.69, 9.17) is 10.2 Å². The van der Waals surface area contributed by atoms with Crippen LogP contribution < -0.4 is 5.73 Å². The first-order chi connectivity index (χ1) is 7.40. The molecule has 1 aliphatic rings. The van der Waals surface area contributed by atoms with Gasteiger partial charge in [-0.15, -0.1) is 0 Å². The molecule has 0 saturated heterocycles. The third-order valence-corrected chi connectivity index (χ3v) is 2.93. The van der Waals surface area contributed by atoms with E-state index in [0.717, 1.165) is 23.9 Å². The lowest BCUT2D eigenvalue weighted by molar-refractivity contribution is 0.601. The number of allylic oxidation sites excluding steroid dienone is 1. The van der Waals surface area contributed by atoms with Crippen LogP contribution in [0.4, 0.5) is 0 Å². The highest BCUT2D eigenvalue weighted by atomic mass is 16.3. The molecule has 0 unspecified atom stereocenters. The zero-order chi connectivity index (χ0) is 10.3. The predicted molar refractivity (Wildman–Crippen MR) is 59.4 cm³/mol. The highest BCUT2D eigenvalue weighted by molar-refractivity contribution is 5.91. The first-order valence-corrected chi connectivity index (χ1v) is 5.14. The van der Waals surface area contributed by atoms with Crippen molar-refractivity contribution in [1.82, 2.24) is 4.98 Å². The maximum Gasteiger partial charge on any atom is 0.182 e. The van der Waals surface area contributed by atoms with E-state index < -0.39 is 0 Å². The lowest BCUT2D eigenvalue weighted by Crippen LogP contribution is -1.94. The third-order valence-electron chi connectivity index (χ3n) is 2.93. The molecule has 3 heteroatoms. The summed E-state index contributed by atoms with van der Waals surface area (Å²) in [5, 5.41) is 0. The third kappa shape index (κ3) is 1.20. The molecule has 3 nitrogen and oxygen atoms in total. The summed E-state index contributed by atoms with van der Waals surface area (Å²) in [5.41, 5.74) is 11.3. The Bertz CT molecular complexity index is 540. The van der Waals surface area contributed by atoms with Crippen molar-refractivity contribution in [3.05, 3.63) is 35.7 Å². The summed E-state index contributed by atoms with van der Waals surface area (Å²) in [5.74, 6) is 0. The van der Waals surface area contributed by atoms with Gasteiger partial charge in [0.25, 0.3) is 0 Å².